The molecular formula is C28H57N3O3. The Kier molecular flexibility index (Phi) is 11.3. The molecule has 0 aliphatic heterocycles. The first-order valence-electron chi connectivity index (χ1n) is 12.9. The summed E-state index contributed by atoms with van der Waals surface area (Å²) < 4.78 is 6.15. The van der Waals surface area contributed by atoms with Crippen LogP contribution in [0, 0.1) is 16.2 Å². The van der Waals surface area contributed by atoms with E-state index in [4.69, 9.17) is 4.74 Å². The minimum atomic E-state index is -0.539. The third kappa shape index (κ3) is 13.1. The lowest BCUT2D eigenvalue weighted by molar-refractivity contribution is -0.134. The fourth-order valence-corrected chi connectivity index (χ4v) is 4.60. The van der Waals surface area contributed by atoms with Gasteiger partial charge in [-0.2, -0.15) is 0 Å². The van der Waals surface area contributed by atoms with Crippen molar-refractivity contribution in [2.75, 3.05) is 20.2 Å². The van der Waals surface area contributed by atoms with Gasteiger partial charge in [0.25, 0.3) is 0 Å². The van der Waals surface area contributed by atoms with Gasteiger partial charge in [0.05, 0.1) is 5.60 Å². The van der Waals surface area contributed by atoms with E-state index in [1.807, 2.05) is 48.6 Å². The Balaban J connectivity index is 4.66. The molecule has 34 heavy (non-hydrogen) atoms. The number of hydrogen-bond acceptors (Lipinski definition) is 4. The van der Waals surface area contributed by atoms with Gasteiger partial charge in [0.15, 0.2) is 0 Å². The first-order chi connectivity index (χ1) is 14.9. The molecule has 6 heteroatoms. The van der Waals surface area contributed by atoms with Crippen LogP contribution in [-0.4, -0.2) is 48.7 Å². The van der Waals surface area contributed by atoms with Crippen molar-refractivity contribution in [1.82, 2.24) is 16.0 Å². The maximum atomic E-state index is 13.0. The van der Waals surface area contributed by atoms with Crippen molar-refractivity contribution in [1.29, 1.82) is 0 Å². The SMILES string of the molecule is CNC(C)(C)CC(C)(C)NC(=O)C(C)(C)CCOC(C)(C)CCNC(=O)C(C)(C)CC(C)(C)C. The van der Waals surface area contributed by atoms with Crippen LogP contribution in [0.3, 0.4) is 0 Å². The zero-order chi connectivity index (χ0) is 27.2. The van der Waals surface area contributed by atoms with Gasteiger partial charge in [-0.15, -0.1) is 0 Å². The van der Waals surface area contributed by atoms with E-state index in [0.29, 0.717) is 26.0 Å². The lowest BCUT2D eigenvalue weighted by Gasteiger charge is -2.38. The molecular weight excluding hydrogens is 426 g/mol. The summed E-state index contributed by atoms with van der Waals surface area (Å²) in [5.41, 5.74) is -1.62. The molecule has 3 N–H and O–H groups in total. The predicted octanol–water partition coefficient (Wildman–Crippen LogP) is 5.45. The lowest BCUT2D eigenvalue weighted by Crippen LogP contribution is -2.54. The normalized spacial score (nSPS) is 14.2. The molecule has 0 heterocycles. The van der Waals surface area contributed by atoms with Crippen molar-refractivity contribution in [3.05, 3.63) is 0 Å². The molecule has 0 atom stereocenters. The average Bonchev–Trinajstić information content (AvgIpc) is 2.57. The summed E-state index contributed by atoms with van der Waals surface area (Å²) in [4.78, 5) is 25.7. The van der Waals surface area contributed by atoms with Crippen LogP contribution < -0.4 is 16.0 Å². The second kappa shape index (κ2) is 11.7. The van der Waals surface area contributed by atoms with E-state index >= 15 is 0 Å². The monoisotopic (exact) mass is 483 g/mol. The van der Waals surface area contributed by atoms with Gasteiger partial charge >= 0.3 is 0 Å². The zero-order valence-electron chi connectivity index (χ0n) is 25.0. The Morgan fingerprint density at radius 3 is 1.68 bits per heavy atom. The summed E-state index contributed by atoms with van der Waals surface area (Å²) in [5.74, 6) is 0.124. The molecule has 202 valence electrons. The summed E-state index contributed by atoms with van der Waals surface area (Å²) in [6, 6.07) is 0. The van der Waals surface area contributed by atoms with Gasteiger partial charge in [0.2, 0.25) is 11.8 Å². The van der Waals surface area contributed by atoms with Gasteiger partial charge < -0.3 is 20.7 Å². The number of rotatable bonds is 14. The Labute approximate surface area is 211 Å². The summed E-state index contributed by atoms with van der Waals surface area (Å²) in [7, 11) is 1.94. The standard InChI is InChI=1S/C28H57N3O3/c1-23(2,3)19-25(6,7)21(32)30-17-15-28(12,13)34-18-16-24(4,5)22(33)31-27(10,11)20-26(8,9)29-14/h29H,15-20H2,1-14H3,(H,30,32)(H,31,33). The topological polar surface area (TPSA) is 79.5 Å². The average molecular weight is 484 g/mol. The van der Waals surface area contributed by atoms with Gasteiger partial charge in [-0.3, -0.25) is 9.59 Å². The number of amides is 2. The number of ether oxygens (including phenoxy) is 1. The molecule has 0 aliphatic carbocycles. The summed E-state index contributed by atoms with van der Waals surface area (Å²) in [5, 5.41) is 9.62. The molecule has 0 aliphatic rings. The van der Waals surface area contributed by atoms with E-state index in [2.05, 4.69) is 64.4 Å². The van der Waals surface area contributed by atoms with Crippen LogP contribution in [0.25, 0.3) is 0 Å². The van der Waals surface area contributed by atoms with Crippen LogP contribution in [0.15, 0.2) is 0 Å². The molecule has 0 fully saturated rings. The minimum Gasteiger partial charge on any atom is -0.375 e. The van der Waals surface area contributed by atoms with E-state index in [0.717, 1.165) is 12.8 Å². The fourth-order valence-electron chi connectivity index (χ4n) is 4.60. The molecule has 2 amide bonds. The maximum absolute atomic E-state index is 13.0. The third-order valence-electron chi connectivity index (χ3n) is 6.45. The van der Waals surface area contributed by atoms with Crippen molar-refractivity contribution in [3.63, 3.8) is 0 Å². The zero-order valence-corrected chi connectivity index (χ0v) is 25.0. The molecule has 0 unspecified atom stereocenters. The van der Waals surface area contributed by atoms with E-state index in [1.54, 1.807) is 0 Å². The maximum Gasteiger partial charge on any atom is 0.226 e. The summed E-state index contributed by atoms with van der Waals surface area (Å²) in [6.07, 6.45) is 2.98. The molecule has 6 nitrogen and oxygen atoms in total. The van der Waals surface area contributed by atoms with Gasteiger partial charge in [-0.1, -0.05) is 48.5 Å². The third-order valence-corrected chi connectivity index (χ3v) is 6.45. The Bertz CT molecular complexity index is 671. The van der Waals surface area contributed by atoms with Crippen molar-refractivity contribution >= 4 is 11.8 Å². The Morgan fingerprint density at radius 2 is 1.21 bits per heavy atom. The van der Waals surface area contributed by atoms with Crippen LogP contribution in [0.4, 0.5) is 0 Å². The number of carbonyl (C=O) groups is 2. The van der Waals surface area contributed by atoms with Crippen LogP contribution >= 0.6 is 0 Å². The molecule has 0 saturated carbocycles. The molecule has 0 rings (SSSR count). The molecule has 0 aromatic carbocycles. The van der Waals surface area contributed by atoms with E-state index in [9.17, 15) is 9.59 Å². The van der Waals surface area contributed by atoms with Crippen molar-refractivity contribution in [3.8, 4) is 0 Å². The largest absolute Gasteiger partial charge is 0.375 e. The Hall–Kier alpha value is -1.14. The van der Waals surface area contributed by atoms with E-state index in [1.165, 1.54) is 0 Å². The van der Waals surface area contributed by atoms with Crippen molar-refractivity contribution < 1.29 is 14.3 Å². The number of hydrogen-bond donors (Lipinski definition) is 3. The van der Waals surface area contributed by atoms with Crippen LogP contribution in [0.1, 0.15) is 116 Å². The van der Waals surface area contributed by atoms with Crippen LogP contribution in [0.5, 0.6) is 0 Å². The van der Waals surface area contributed by atoms with Gasteiger partial charge in [0, 0.05) is 35.1 Å². The molecule has 0 aromatic rings. The van der Waals surface area contributed by atoms with Crippen molar-refractivity contribution in [2.45, 2.75) is 132 Å². The van der Waals surface area contributed by atoms with E-state index < -0.39 is 10.8 Å². The lowest BCUT2D eigenvalue weighted by atomic mass is 9.75. The number of nitrogens with one attached hydrogen (secondary N) is 3. The Morgan fingerprint density at radius 1 is 0.676 bits per heavy atom. The number of carbonyl (C=O) groups excluding carboxylic acids is 2. The first-order valence-corrected chi connectivity index (χ1v) is 12.9. The fraction of sp³-hybridized carbons (Fsp3) is 0.929. The molecule has 0 bridgehead atoms. The van der Waals surface area contributed by atoms with Gasteiger partial charge in [0.1, 0.15) is 0 Å². The highest BCUT2D eigenvalue weighted by Crippen LogP contribution is 2.33. The van der Waals surface area contributed by atoms with Crippen molar-refractivity contribution in [2.24, 2.45) is 16.2 Å². The highest BCUT2D eigenvalue weighted by Gasteiger charge is 2.35. The second-order valence-corrected chi connectivity index (χ2v) is 14.5. The van der Waals surface area contributed by atoms with Crippen LogP contribution in [0.2, 0.25) is 0 Å². The van der Waals surface area contributed by atoms with Gasteiger partial charge in [-0.05, 0) is 79.7 Å². The molecule has 0 spiro atoms. The quantitative estimate of drug-likeness (QED) is 0.307. The second-order valence-electron chi connectivity index (χ2n) is 14.5. The molecule has 0 radical (unpaired) electrons. The van der Waals surface area contributed by atoms with E-state index in [-0.39, 0.29) is 33.9 Å². The summed E-state index contributed by atoms with van der Waals surface area (Å²) >= 11 is 0. The first kappa shape index (κ1) is 32.9. The van der Waals surface area contributed by atoms with Gasteiger partial charge in [-0.25, -0.2) is 0 Å². The molecule has 0 saturated heterocycles. The minimum absolute atomic E-state index is 0.0409. The molecule has 0 aromatic heterocycles. The predicted molar refractivity (Wildman–Crippen MR) is 144 cm³/mol. The highest BCUT2D eigenvalue weighted by atomic mass is 16.5. The highest BCUT2D eigenvalue weighted by molar-refractivity contribution is 5.82. The summed E-state index contributed by atoms with van der Waals surface area (Å²) in [6.45, 7) is 27.9. The smallest absolute Gasteiger partial charge is 0.226 e. The van der Waals surface area contributed by atoms with Crippen LogP contribution in [-0.2, 0) is 14.3 Å².